The third kappa shape index (κ3) is 5.68. The number of anilines is 1. The molecular formula is C31H35N5O. The zero-order valence-corrected chi connectivity index (χ0v) is 21.9. The summed E-state index contributed by atoms with van der Waals surface area (Å²) in [6.45, 7) is 9.88. The number of hydrogen-bond acceptors (Lipinski definition) is 5. The van der Waals surface area contributed by atoms with Crippen molar-refractivity contribution in [3.63, 3.8) is 0 Å². The molecule has 0 bridgehead atoms. The van der Waals surface area contributed by atoms with Gasteiger partial charge in [0.05, 0.1) is 11.6 Å². The van der Waals surface area contributed by atoms with Crippen molar-refractivity contribution in [2.75, 3.05) is 44.2 Å². The minimum atomic E-state index is 0.128. The highest BCUT2D eigenvalue weighted by Crippen LogP contribution is 2.31. The molecule has 2 aliphatic heterocycles. The van der Waals surface area contributed by atoms with Crippen LogP contribution < -0.4 is 4.90 Å². The van der Waals surface area contributed by atoms with Crippen LogP contribution in [-0.2, 0) is 6.54 Å². The molecule has 6 heteroatoms. The Kier molecular flexibility index (Phi) is 7.52. The van der Waals surface area contributed by atoms with Crippen LogP contribution in [0.4, 0.5) is 5.82 Å². The summed E-state index contributed by atoms with van der Waals surface area (Å²) in [7, 11) is 0. The van der Waals surface area contributed by atoms with Gasteiger partial charge in [0.1, 0.15) is 5.82 Å². The van der Waals surface area contributed by atoms with Crippen LogP contribution in [0.25, 0.3) is 0 Å². The molecule has 0 saturated carbocycles. The lowest BCUT2D eigenvalue weighted by Gasteiger charge is -2.36. The molecule has 0 aliphatic carbocycles. The Morgan fingerprint density at radius 2 is 1.70 bits per heavy atom. The molecule has 6 nitrogen and oxygen atoms in total. The molecule has 0 spiro atoms. The van der Waals surface area contributed by atoms with Crippen LogP contribution in [0.15, 0.2) is 60.7 Å². The maximum atomic E-state index is 13.5. The van der Waals surface area contributed by atoms with Crippen molar-refractivity contribution in [2.24, 2.45) is 0 Å². The largest absolute Gasteiger partial charge is 0.353 e. The standard InChI is InChI=1S/C31H35N5O/c1-23-10-11-25(22-34-14-12-26(13-15-34)28-8-4-3-7-27(28)21-32)20-29(23)31(37)36-18-16-35(17-19-36)30-9-5-6-24(2)33-30/h3-11,20,26H,12-19,22H2,1-2H3. The lowest BCUT2D eigenvalue weighted by molar-refractivity contribution is 0.0745. The Morgan fingerprint density at radius 1 is 0.946 bits per heavy atom. The lowest BCUT2D eigenvalue weighted by atomic mass is 9.86. The molecule has 2 aliphatic rings. The maximum absolute atomic E-state index is 13.5. The van der Waals surface area contributed by atoms with Crippen LogP contribution in [0, 0.1) is 25.2 Å². The molecular weight excluding hydrogens is 458 g/mol. The number of nitriles is 1. The Labute approximate surface area is 220 Å². The van der Waals surface area contributed by atoms with Crippen LogP contribution in [0.1, 0.15) is 57.1 Å². The molecule has 5 rings (SSSR count). The molecule has 1 amide bonds. The fourth-order valence-corrected chi connectivity index (χ4v) is 5.63. The minimum Gasteiger partial charge on any atom is -0.353 e. The predicted molar refractivity (Wildman–Crippen MR) is 147 cm³/mol. The van der Waals surface area contributed by atoms with Crippen molar-refractivity contribution < 1.29 is 4.79 Å². The first kappa shape index (κ1) is 25.0. The van der Waals surface area contributed by atoms with E-state index in [1.165, 1.54) is 11.1 Å². The third-order valence-corrected chi connectivity index (χ3v) is 7.81. The average molecular weight is 494 g/mol. The molecule has 0 N–H and O–H groups in total. The lowest BCUT2D eigenvalue weighted by Crippen LogP contribution is -2.49. The summed E-state index contributed by atoms with van der Waals surface area (Å²) in [6.07, 6.45) is 2.10. The molecule has 3 heterocycles. The van der Waals surface area contributed by atoms with Gasteiger partial charge in [0, 0.05) is 44.0 Å². The van der Waals surface area contributed by atoms with E-state index >= 15 is 0 Å². The zero-order chi connectivity index (χ0) is 25.8. The summed E-state index contributed by atoms with van der Waals surface area (Å²) in [5, 5.41) is 9.46. The SMILES string of the molecule is Cc1cccc(N2CCN(C(=O)c3cc(CN4CCC(c5ccccc5C#N)CC4)ccc3C)CC2)n1. The Bertz CT molecular complexity index is 1300. The first-order chi connectivity index (χ1) is 18.0. The quantitative estimate of drug-likeness (QED) is 0.505. The molecule has 0 unspecified atom stereocenters. The number of amides is 1. The Hall–Kier alpha value is -3.69. The number of piperidine rings is 1. The van der Waals surface area contributed by atoms with Gasteiger partial charge < -0.3 is 9.80 Å². The van der Waals surface area contributed by atoms with E-state index in [9.17, 15) is 10.1 Å². The van der Waals surface area contributed by atoms with E-state index < -0.39 is 0 Å². The van der Waals surface area contributed by atoms with Crippen molar-refractivity contribution >= 4 is 11.7 Å². The van der Waals surface area contributed by atoms with E-state index in [1.807, 2.05) is 55.1 Å². The molecule has 2 aromatic carbocycles. The smallest absolute Gasteiger partial charge is 0.254 e. The topological polar surface area (TPSA) is 63.5 Å². The highest BCUT2D eigenvalue weighted by atomic mass is 16.2. The summed E-state index contributed by atoms with van der Waals surface area (Å²) in [5.74, 6) is 1.56. The number of nitrogens with zero attached hydrogens (tertiary/aromatic N) is 5. The molecule has 2 fully saturated rings. The van der Waals surface area contributed by atoms with Crippen LogP contribution in [-0.4, -0.2) is 60.0 Å². The monoisotopic (exact) mass is 493 g/mol. The number of aromatic nitrogens is 1. The van der Waals surface area contributed by atoms with Crippen LogP contribution in [0.2, 0.25) is 0 Å². The summed E-state index contributed by atoms with van der Waals surface area (Å²) in [4.78, 5) is 24.8. The average Bonchev–Trinajstić information content (AvgIpc) is 2.94. The second-order valence-electron chi connectivity index (χ2n) is 10.3. The van der Waals surface area contributed by atoms with Crippen molar-refractivity contribution in [2.45, 2.75) is 39.2 Å². The number of likely N-dealkylation sites (tertiary alicyclic amines) is 1. The number of pyridine rings is 1. The molecule has 37 heavy (non-hydrogen) atoms. The highest BCUT2D eigenvalue weighted by Gasteiger charge is 2.25. The number of aryl methyl sites for hydroxylation is 2. The fraction of sp³-hybridized carbons (Fsp3) is 0.387. The van der Waals surface area contributed by atoms with Crippen molar-refractivity contribution in [1.82, 2.24) is 14.8 Å². The summed E-state index contributed by atoms with van der Waals surface area (Å²) < 4.78 is 0. The number of benzene rings is 2. The van der Waals surface area contributed by atoms with Gasteiger partial charge in [-0.25, -0.2) is 4.98 Å². The van der Waals surface area contributed by atoms with Crippen molar-refractivity contribution in [3.8, 4) is 6.07 Å². The highest BCUT2D eigenvalue weighted by molar-refractivity contribution is 5.96. The van der Waals surface area contributed by atoms with Gasteiger partial charge in [0.25, 0.3) is 5.91 Å². The van der Waals surface area contributed by atoms with E-state index in [4.69, 9.17) is 0 Å². The molecule has 3 aromatic rings. The van der Waals surface area contributed by atoms with Gasteiger partial charge in [-0.2, -0.15) is 5.26 Å². The van der Waals surface area contributed by atoms with Gasteiger partial charge >= 0.3 is 0 Å². The zero-order valence-electron chi connectivity index (χ0n) is 21.9. The summed E-state index contributed by atoms with van der Waals surface area (Å²) in [5.41, 5.74) is 6.04. The number of hydrogen-bond donors (Lipinski definition) is 0. The van der Waals surface area contributed by atoms with Gasteiger partial charge in [-0.15, -0.1) is 0 Å². The first-order valence-corrected chi connectivity index (χ1v) is 13.3. The molecule has 2 saturated heterocycles. The Morgan fingerprint density at radius 3 is 2.43 bits per heavy atom. The maximum Gasteiger partial charge on any atom is 0.254 e. The second kappa shape index (κ2) is 11.1. The summed E-state index contributed by atoms with van der Waals surface area (Å²) in [6, 6.07) is 22.8. The molecule has 190 valence electrons. The van der Waals surface area contributed by atoms with Gasteiger partial charge in [-0.05, 0) is 86.7 Å². The third-order valence-electron chi connectivity index (χ3n) is 7.81. The normalized spacial score (nSPS) is 17.0. The van der Waals surface area contributed by atoms with E-state index in [0.29, 0.717) is 19.0 Å². The van der Waals surface area contributed by atoms with Crippen molar-refractivity contribution in [3.05, 3.63) is 94.2 Å². The first-order valence-electron chi connectivity index (χ1n) is 13.3. The fourth-order valence-electron chi connectivity index (χ4n) is 5.63. The van der Waals surface area contributed by atoms with Gasteiger partial charge in [-0.3, -0.25) is 9.69 Å². The van der Waals surface area contributed by atoms with E-state index in [0.717, 1.165) is 73.8 Å². The predicted octanol–water partition coefficient (Wildman–Crippen LogP) is 4.91. The number of rotatable bonds is 5. The second-order valence-corrected chi connectivity index (χ2v) is 10.3. The summed E-state index contributed by atoms with van der Waals surface area (Å²) >= 11 is 0. The van der Waals surface area contributed by atoms with Crippen LogP contribution in [0.3, 0.4) is 0 Å². The van der Waals surface area contributed by atoms with Gasteiger partial charge in [0.2, 0.25) is 0 Å². The van der Waals surface area contributed by atoms with E-state index in [1.54, 1.807) is 0 Å². The molecule has 0 atom stereocenters. The van der Waals surface area contributed by atoms with Crippen LogP contribution >= 0.6 is 0 Å². The van der Waals surface area contributed by atoms with Crippen LogP contribution in [0.5, 0.6) is 0 Å². The number of carbonyl (C=O) groups is 1. The molecule has 0 radical (unpaired) electrons. The van der Waals surface area contributed by atoms with Gasteiger partial charge in [-0.1, -0.05) is 36.4 Å². The van der Waals surface area contributed by atoms with Crippen molar-refractivity contribution in [1.29, 1.82) is 5.26 Å². The number of piperazine rings is 1. The Balaban J connectivity index is 1.19. The number of carbonyl (C=O) groups excluding carboxylic acids is 1. The molecule has 1 aromatic heterocycles. The van der Waals surface area contributed by atoms with E-state index in [2.05, 4.69) is 45.1 Å². The van der Waals surface area contributed by atoms with E-state index in [-0.39, 0.29) is 5.91 Å². The van der Waals surface area contributed by atoms with Gasteiger partial charge in [0.15, 0.2) is 0 Å². The minimum absolute atomic E-state index is 0.128.